The summed E-state index contributed by atoms with van der Waals surface area (Å²) in [5.41, 5.74) is 4.68. The van der Waals surface area contributed by atoms with Gasteiger partial charge in [-0.15, -0.1) is 11.3 Å². The zero-order chi connectivity index (χ0) is 11.5. The first-order chi connectivity index (χ1) is 7.76. The van der Waals surface area contributed by atoms with Gasteiger partial charge in [0.1, 0.15) is 5.82 Å². The number of aromatic nitrogens is 2. The summed E-state index contributed by atoms with van der Waals surface area (Å²) >= 11 is 1.63. The van der Waals surface area contributed by atoms with Crippen molar-refractivity contribution in [1.29, 1.82) is 0 Å². The summed E-state index contributed by atoms with van der Waals surface area (Å²) < 4.78 is 0. The SMILES string of the molecule is CCc1nc(-c2cccs2)nc(NN)c1C. The third kappa shape index (κ3) is 1.91. The van der Waals surface area contributed by atoms with Crippen LogP contribution < -0.4 is 11.3 Å². The summed E-state index contributed by atoms with van der Waals surface area (Å²) in [4.78, 5) is 10.0. The van der Waals surface area contributed by atoms with E-state index in [2.05, 4.69) is 22.3 Å². The van der Waals surface area contributed by atoms with Gasteiger partial charge in [0, 0.05) is 11.3 Å². The molecule has 0 fully saturated rings. The summed E-state index contributed by atoms with van der Waals surface area (Å²) in [6.07, 6.45) is 0.876. The van der Waals surface area contributed by atoms with Gasteiger partial charge in [0.2, 0.25) is 0 Å². The highest BCUT2D eigenvalue weighted by Gasteiger charge is 2.10. The van der Waals surface area contributed by atoms with Crippen molar-refractivity contribution >= 4 is 17.2 Å². The van der Waals surface area contributed by atoms with Crippen LogP contribution in [0.3, 0.4) is 0 Å². The Kier molecular flexibility index (Phi) is 3.17. The van der Waals surface area contributed by atoms with Crippen LogP contribution in [0.1, 0.15) is 18.2 Å². The van der Waals surface area contributed by atoms with Gasteiger partial charge >= 0.3 is 0 Å². The molecule has 0 radical (unpaired) electrons. The molecule has 0 atom stereocenters. The first kappa shape index (κ1) is 11.0. The van der Waals surface area contributed by atoms with E-state index >= 15 is 0 Å². The number of nitrogen functional groups attached to an aromatic ring is 1. The molecule has 0 spiro atoms. The van der Waals surface area contributed by atoms with Crippen LogP contribution in [0.4, 0.5) is 5.82 Å². The van der Waals surface area contributed by atoms with E-state index in [1.54, 1.807) is 11.3 Å². The fourth-order valence-corrected chi connectivity index (χ4v) is 2.22. The van der Waals surface area contributed by atoms with Crippen LogP contribution in [0.15, 0.2) is 17.5 Å². The normalized spacial score (nSPS) is 10.4. The largest absolute Gasteiger partial charge is 0.308 e. The molecule has 2 aromatic rings. The van der Waals surface area contributed by atoms with E-state index in [1.807, 2.05) is 24.4 Å². The quantitative estimate of drug-likeness (QED) is 0.632. The number of nitrogens with one attached hydrogen (secondary N) is 1. The lowest BCUT2D eigenvalue weighted by molar-refractivity contribution is 0.975. The molecule has 0 aliphatic heterocycles. The van der Waals surface area contributed by atoms with E-state index in [4.69, 9.17) is 5.84 Å². The molecule has 3 N–H and O–H groups in total. The van der Waals surface area contributed by atoms with Gasteiger partial charge in [-0.3, -0.25) is 0 Å². The molecule has 2 rings (SSSR count). The Morgan fingerprint density at radius 3 is 2.81 bits per heavy atom. The van der Waals surface area contributed by atoms with Gasteiger partial charge < -0.3 is 5.43 Å². The number of nitrogens with zero attached hydrogens (tertiary/aromatic N) is 2. The molecular formula is C11H14N4S. The summed E-state index contributed by atoms with van der Waals surface area (Å²) in [7, 11) is 0. The minimum Gasteiger partial charge on any atom is -0.308 e. The molecule has 0 amide bonds. The average Bonchev–Trinajstić information content (AvgIpc) is 2.83. The van der Waals surface area contributed by atoms with Crippen molar-refractivity contribution < 1.29 is 0 Å². The van der Waals surface area contributed by atoms with E-state index in [1.165, 1.54) is 0 Å². The summed E-state index contributed by atoms with van der Waals surface area (Å²) in [6, 6.07) is 4.00. The van der Waals surface area contributed by atoms with E-state index in [-0.39, 0.29) is 0 Å². The number of nitrogens with two attached hydrogens (primary N) is 1. The molecule has 2 heterocycles. The van der Waals surface area contributed by atoms with Crippen LogP contribution in [0, 0.1) is 6.92 Å². The Hall–Kier alpha value is -1.46. The molecule has 0 aliphatic rings. The monoisotopic (exact) mass is 234 g/mol. The second-order valence-electron chi connectivity index (χ2n) is 3.44. The van der Waals surface area contributed by atoms with Crippen molar-refractivity contribution in [2.75, 3.05) is 5.43 Å². The van der Waals surface area contributed by atoms with Crippen molar-refractivity contribution in [2.24, 2.45) is 5.84 Å². The smallest absolute Gasteiger partial charge is 0.171 e. The molecule has 2 aromatic heterocycles. The highest BCUT2D eigenvalue weighted by Crippen LogP contribution is 2.25. The zero-order valence-corrected chi connectivity index (χ0v) is 10.1. The third-order valence-electron chi connectivity index (χ3n) is 2.46. The van der Waals surface area contributed by atoms with Crippen LogP contribution >= 0.6 is 11.3 Å². The summed E-state index contributed by atoms with van der Waals surface area (Å²) in [6.45, 7) is 4.06. The molecule has 5 heteroatoms. The van der Waals surface area contributed by atoms with Gasteiger partial charge in [0.25, 0.3) is 0 Å². The Labute approximate surface area is 98.5 Å². The van der Waals surface area contributed by atoms with Crippen LogP contribution in [-0.2, 0) is 6.42 Å². The van der Waals surface area contributed by atoms with Crippen molar-refractivity contribution in [3.63, 3.8) is 0 Å². The lowest BCUT2D eigenvalue weighted by Gasteiger charge is -2.09. The number of aryl methyl sites for hydroxylation is 1. The van der Waals surface area contributed by atoms with Gasteiger partial charge in [-0.05, 0) is 24.8 Å². The summed E-state index contributed by atoms with van der Waals surface area (Å²) in [5, 5.41) is 2.01. The molecule has 0 aromatic carbocycles. The highest BCUT2D eigenvalue weighted by atomic mass is 32.1. The molecule has 0 aliphatic carbocycles. The molecule has 16 heavy (non-hydrogen) atoms. The predicted octanol–water partition coefficient (Wildman–Crippen LogP) is 2.36. The maximum absolute atomic E-state index is 5.46. The van der Waals surface area contributed by atoms with Crippen molar-refractivity contribution in [3.05, 3.63) is 28.8 Å². The van der Waals surface area contributed by atoms with E-state index in [9.17, 15) is 0 Å². The van der Waals surface area contributed by atoms with Gasteiger partial charge in [0.05, 0.1) is 4.88 Å². The van der Waals surface area contributed by atoms with Crippen molar-refractivity contribution in [2.45, 2.75) is 20.3 Å². The van der Waals surface area contributed by atoms with Crippen LogP contribution in [0.5, 0.6) is 0 Å². The minimum atomic E-state index is 0.704. The number of rotatable bonds is 3. The van der Waals surface area contributed by atoms with Gasteiger partial charge in [-0.1, -0.05) is 13.0 Å². The van der Waals surface area contributed by atoms with Crippen LogP contribution in [-0.4, -0.2) is 9.97 Å². The van der Waals surface area contributed by atoms with E-state index in [0.29, 0.717) is 5.82 Å². The standard InChI is InChI=1S/C11H14N4S/c1-3-8-7(2)10(15-12)14-11(13-8)9-5-4-6-16-9/h4-6H,3,12H2,1-2H3,(H,13,14,15). The topological polar surface area (TPSA) is 63.8 Å². The number of hydrazine groups is 1. The number of hydrogen-bond acceptors (Lipinski definition) is 5. The van der Waals surface area contributed by atoms with Crippen molar-refractivity contribution in [1.82, 2.24) is 9.97 Å². The maximum atomic E-state index is 5.46. The molecule has 0 saturated carbocycles. The molecular weight excluding hydrogens is 220 g/mol. The number of anilines is 1. The Bertz CT molecular complexity index is 454. The predicted molar refractivity (Wildman–Crippen MR) is 67.3 cm³/mol. The van der Waals surface area contributed by atoms with E-state index < -0.39 is 0 Å². The Balaban J connectivity index is 2.56. The Morgan fingerprint density at radius 2 is 2.25 bits per heavy atom. The molecule has 4 nitrogen and oxygen atoms in total. The van der Waals surface area contributed by atoms with Crippen molar-refractivity contribution in [3.8, 4) is 10.7 Å². The molecule has 0 unspecified atom stereocenters. The first-order valence-electron chi connectivity index (χ1n) is 5.14. The molecule has 0 bridgehead atoms. The fraction of sp³-hybridized carbons (Fsp3) is 0.273. The van der Waals surface area contributed by atoms with Gasteiger partial charge in [-0.2, -0.15) is 0 Å². The number of thiophene rings is 1. The fourth-order valence-electron chi connectivity index (χ4n) is 1.56. The first-order valence-corrected chi connectivity index (χ1v) is 6.02. The van der Waals surface area contributed by atoms with Gasteiger partial charge in [0.15, 0.2) is 5.82 Å². The van der Waals surface area contributed by atoms with E-state index in [0.717, 1.165) is 28.4 Å². The lowest BCUT2D eigenvalue weighted by Crippen LogP contribution is -2.13. The number of hydrogen-bond donors (Lipinski definition) is 2. The Morgan fingerprint density at radius 1 is 1.44 bits per heavy atom. The zero-order valence-electron chi connectivity index (χ0n) is 9.32. The average molecular weight is 234 g/mol. The van der Waals surface area contributed by atoms with Crippen LogP contribution in [0.25, 0.3) is 10.7 Å². The van der Waals surface area contributed by atoms with Crippen LogP contribution in [0.2, 0.25) is 0 Å². The molecule has 0 saturated heterocycles. The molecule has 84 valence electrons. The second kappa shape index (κ2) is 4.59. The third-order valence-corrected chi connectivity index (χ3v) is 3.33. The minimum absolute atomic E-state index is 0.704. The lowest BCUT2D eigenvalue weighted by atomic mass is 10.2. The highest BCUT2D eigenvalue weighted by molar-refractivity contribution is 7.13. The second-order valence-corrected chi connectivity index (χ2v) is 4.39. The van der Waals surface area contributed by atoms with Gasteiger partial charge in [-0.25, -0.2) is 15.8 Å². The maximum Gasteiger partial charge on any atom is 0.171 e. The summed E-state index contributed by atoms with van der Waals surface area (Å²) in [5.74, 6) is 6.90.